The van der Waals surface area contributed by atoms with Crippen LogP contribution in [-0.2, 0) is 11.2 Å². The summed E-state index contributed by atoms with van der Waals surface area (Å²) in [6.45, 7) is -0.508. The van der Waals surface area contributed by atoms with Gasteiger partial charge in [0.2, 0.25) is 0 Å². The van der Waals surface area contributed by atoms with Crippen molar-refractivity contribution in [3.05, 3.63) is 29.8 Å². The lowest BCUT2D eigenvalue weighted by atomic mass is 10.1. The molecule has 8 heteroatoms. The van der Waals surface area contributed by atoms with Gasteiger partial charge in [-0.15, -0.1) is 0 Å². The fraction of sp³-hybridized carbons (Fsp3) is 0.333. The van der Waals surface area contributed by atoms with Crippen molar-refractivity contribution in [1.82, 2.24) is 5.32 Å². The van der Waals surface area contributed by atoms with E-state index in [1.54, 1.807) is 0 Å². The average Bonchev–Trinajstić information content (AvgIpc) is 2.29. The smallest absolute Gasteiger partial charge is 0.390 e. The molecule has 0 unspecified atom stereocenters. The van der Waals surface area contributed by atoms with Crippen LogP contribution in [0.15, 0.2) is 24.3 Å². The molecule has 0 aliphatic heterocycles. The number of benzene rings is 1. The lowest BCUT2D eigenvalue weighted by Gasteiger charge is -2.09. The number of alkyl halides is 3. The lowest BCUT2D eigenvalue weighted by Crippen LogP contribution is -2.31. The normalized spacial score (nSPS) is 10.9. The summed E-state index contributed by atoms with van der Waals surface area (Å²) in [6.07, 6.45) is -5.55. The summed E-state index contributed by atoms with van der Waals surface area (Å²) in [6, 6.07) is 5.22. The van der Waals surface area contributed by atoms with Crippen LogP contribution in [0.25, 0.3) is 0 Å². The standard InChI is InChI=1S/C12H13F3N2O3/c13-12(14,15)5-6-16-11(20)17-9-3-1-8(2-4-9)7-10(18)19/h1-4H,5-7H2,(H,18,19)(H2,16,17,20). The average molecular weight is 290 g/mol. The van der Waals surface area contributed by atoms with E-state index < -0.39 is 31.1 Å². The molecule has 0 saturated carbocycles. The van der Waals surface area contributed by atoms with E-state index in [-0.39, 0.29) is 6.42 Å². The van der Waals surface area contributed by atoms with Crippen LogP contribution >= 0.6 is 0 Å². The van der Waals surface area contributed by atoms with Crippen LogP contribution in [0.3, 0.4) is 0 Å². The molecule has 0 radical (unpaired) electrons. The summed E-state index contributed by atoms with van der Waals surface area (Å²) < 4.78 is 35.6. The Morgan fingerprint density at radius 1 is 1.15 bits per heavy atom. The van der Waals surface area contributed by atoms with Crippen molar-refractivity contribution in [2.75, 3.05) is 11.9 Å². The number of anilines is 1. The Morgan fingerprint density at radius 3 is 2.25 bits per heavy atom. The zero-order valence-corrected chi connectivity index (χ0v) is 10.3. The van der Waals surface area contributed by atoms with Gasteiger partial charge in [0.1, 0.15) is 0 Å². The number of carbonyl (C=O) groups excluding carboxylic acids is 1. The fourth-order valence-corrected chi connectivity index (χ4v) is 1.37. The molecule has 0 aromatic heterocycles. The Bertz CT molecular complexity index is 472. The van der Waals surface area contributed by atoms with Crippen molar-refractivity contribution in [3.63, 3.8) is 0 Å². The number of rotatable bonds is 5. The molecule has 1 aromatic carbocycles. The van der Waals surface area contributed by atoms with Crippen molar-refractivity contribution in [1.29, 1.82) is 0 Å². The summed E-state index contributed by atoms with van der Waals surface area (Å²) >= 11 is 0. The molecule has 0 spiro atoms. The van der Waals surface area contributed by atoms with Gasteiger partial charge < -0.3 is 15.7 Å². The molecule has 0 bridgehead atoms. The second-order valence-electron chi connectivity index (χ2n) is 4.01. The molecule has 5 nitrogen and oxygen atoms in total. The molecule has 0 heterocycles. The molecule has 0 aliphatic carbocycles. The minimum atomic E-state index is -4.31. The quantitative estimate of drug-likeness (QED) is 0.779. The Balaban J connectivity index is 2.40. The van der Waals surface area contributed by atoms with Crippen molar-refractivity contribution in [2.24, 2.45) is 0 Å². The number of carboxylic acids is 1. The summed E-state index contributed by atoms with van der Waals surface area (Å²) in [5, 5.41) is 13.0. The minimum absolute atomic E-state index is 0.141. The van der Waals surface area contributed by atoms with E-state index in [1.807, 2.05) is 0 Å². The van der Waals surface area contributed by atoms with Gasteiger partial charge in [0, 0.05) is 12.2 Å². The van der Waals surface area contributed by atoms with E-state index in [0.717, 1.165) is 0 Å². The van der Waals surface area contributed by atoms with E-state index in [9.17, 15) is 22.8 Å². The van der Waals surface area contributed by atoms with Crippen molar-refractivity contribution >= 4 is 17.7 Å². The predicted molar refractivity (Wildman–Crippen MR) is 65.5 cm³/mol. The van der Waals surface area contributed by atoms with E-state index in [4.69, 9.17) is 5.11 Å². The lowest BCUT2D eigenvalue weighted by molar-refractivity contribution is -0.136. The van der Waals surface area contributed by atoms with Gasteiger partial charge in [0.05, 0.1) is 12.8 Å². The maximum atomic E-state index is 11.9. The monoisotopic (exact) mass is 290 g/mol. The van der Waals surface area contributed by atoms with Crippen molar-refractivity contribution < 1.29 is 27.9 Å². The second kappa shape index (κ2) is 6.78. The molecular formula is C12H13F3N2O3. The van der Waals surface area contributed by atoms with Crippen LogP contribution in [0, 0.1) is 0 Å². The topological polar surface area (TPSA) is 78.4 Å². The predicted octanol–water partition coefficient (Wildman–Crippen LogP) is 2.39. The maximum Gasteiger partial charge on any atom is 0.390 e. The first-order valence-corrected chi connectivity index (χ1v) is 5.68. The van der Waals surface area contributed by atoms with Gasteiger partial charge in [0.15, 0.2) is 0 Å². The second-order valence-corrected chi connectivity index (χ2v) is 4.01. The summed E-state index contributed by atoms with van der Waals surface area (Å²) in [7, 11) is 0. The van der Waals surface area contributed by atoms with Gasteiger partial charge in [-0.3, -0.25) is 4.79 Å². The molecule has 0 atom stereocenters. The van der Waals surface area contributed by atoms with Gasteiger partial charge in [0.25, 0.3) is 0 Å². The van der Waals surface area contributed by atoms with Crippen LogP contribution in [0.1, 0.15) is 12.0 Å². The van der Waals surface area contributed by atoms with E-state index >= 15 is 0 Å². The van der Waals surface area contributed by atoms with Gasteiger partial charge in [-0.25, -0.2) is 4.79 Å². The first kappa shape index (κ1) is 15.8. The van der Waals surface area contributed by atoms with Crippen LogP contribution in [0.5, 0.6) is 0 Å². The number of carboxylic acid groups (broad SMARTS) is 1. The van der Waals surface area contributed by atoms with Crippen LogP contribution in [0.2, 0.25) is 0 Å². The zero-order valence-electron chi connectivity index (χ0n) is 10.3. The highest BCUT2D eigenvalue weighted by Crippen LogP contribution is 2.18. The summed E-state index contributed by atoms with van der Waals surface area (Å²) in [5.41, 5.74) is 0.921. The van der Waals surface area contributed by atoms with Gasteiger partial charge in [-0.1, -0.05) is 12.1 Å². The zero-order chi connectivity index (χ0) is 15.2. The van der Waals surface area contributed by atoms with E-state index in [1.165, 1.54) is 24.3 Å². The highest BCUT2D eigenvalue weighted by atomic mass is 19.4. The number of aliphatic carboxylic acids is 1. The Hall–Kier alpha value is -2.25. The van der Waals surface area contributed by atoms with Gasteiger partial charge in [-0.05, 0) is 17.7 Å². The third kappa shape index (κ3) is 6.62. The van der Waals surface area contributed by atoms with E-state index in [2.05, 4.69) is 10.6 Å². The molecule has 0 fully saturated rings. The largest absolute Gasteiger partial charge is 0.481 e. The van der Waals surface area contributed by atoms with Crippen LogP contribution in [-0.4, -0.2) is 29.8 Å². The number of hydrogen-bond donors (Lipinski definition) is 3. The van der Waals surface area contributed by atoms with Crippen LogP contribution in [0.4, 0.5) is 23.7 Å². The molecular weight excluding hydrogens is 277 g/mol. The highest BCUT2D eigenvalue weighted by Gasteiger charge is 2.26. The number of halogens is 3. The molecule has 0 saturated heterocycles. The molecule has 20 heavy (non-hydrogen) atoms. The molecule has 3 N–H and O–H groups in total. The number of carbonyl (C=O) groups is 2. The molecule has 1 aromatic rings. The third-order valence-corrected chi connectivity index (χ3v) is 2.26. The number of amides is 2. The van der Waals surface area contributed by atoms with E-state index in [0.29, 0.717) is 11.3 Å². The molecule has 0 aliphatic rings. The van der Waals surface area contributed by atoms with Gasteiger partial charge >= 0.3 is 18.2 Å². The Morgan fingerprint density at radius 2 is 1.75 bits per heavy atom. The van der Waals surface area contributed by atoms with Crippen LogP contribution < -0.4 is 10.6 Å². The first-order valence-electron chi connectivity index (χ1n) is 5.68. The van der Waals surface area contributed by atoms with Crippen molar-refractivity contribution in [2.45, 2.75) is 19.0 Å². The number of urea groups is 1. The molecule has 110 valence electrons. The van der Waals surface area contributed by atoms with Crippen molar-refractivity contribution in [3.8, 4) is 0 Å². The maximum absolute atomic E-state index is 11.9. The summed E-state index contributed by atoms with van der Waals surface area (Å²) in [4.78, 5) is 21.7. The third-order valence-electron chi connectivity index (χ3n) is 2.26. The molecule has 2 amide bonds. The van der Waals surface area contributed by atoms with Gasteiger partial charge in [-0.2, -0.15) is 13.2 Å². The SMILES string of the molecule is O=C(O)Cc1ccc(NC(=O)NCCC(F)(F)F)cc1. The highest BCUT2D eigenvalue weighted by molar-refractivity contribution is 5.89. The Labute approximate surface area is 112 Å². The molecule has 1 rings (SSSR count). The summed E-state index contributed by atoms with van der Waals surface area (Å²) in [5.74, 6) is -0.976. The Kier molecular flexibility index (Phi) is 5.36. The fourth-order valence-electron chi connectivity index (χ4n) is 1.37. The minimum Gasteiger partial charge on any atom is -0.481 e. The number of nitrogens with one attached hydrogen (secondary N) is 2. The first-order chi connectivity index (χ1) is 9.26. The number of hydrogen-bond acceptors (Lipinski definition) is 2.